The average Bonchev–Trinajstić information content (AvgIpc) is 1.96. The summed E-state index contributed by atoms with van der Waals surface area (Å²) >= 11 is 5.64. The fourth-order valence-corrected chi connectivity index (χ4v) is 0.797. The third-order valence-corrected chi connectivity index (χ3v) is 2.19. The minimum absolute atomic E-state index is 0.379. The first-order valence-corrected chi connectivity index (χ1v) is 5.13. The van der Waals surface area contributed by atoms with Gasteiger partial charge in [-0.05, 0) is 17.8 Å². The number of halogens is 1. The van der Waals surface area contributed by atoms with E-state index < -0.39 is 0 Å². The Morgan fingerprint density at radius 2 is 1.92 bits per heavy atom. The van der Waals surface area contributed by atoms with Gasteiger partial charge in [-0.15, -0.1) is 11.6 Å². The lowest BCUT2D eigenvalue weighted by molar-refractivity contribution is 0.0890. The molecule has 0 radical (unpaired) electrons. The molecule has 0 fully saturated rings. The van der Waals surface area contributed by atoms with Crippen LogP contribution in [-0.2, 0) is 4.74 Å². The van der Waals surface area contributed by atoms with Gasteiger partial charge in [-0.25, -0.2) is 0 Å². The second-order valence-corrected chi connectivity index (χ2v) is 4.95. The molecule has 0 aromatic carbocycles. The van der Waals surface area contributed by atoms with Crippen LogP contribution >= 0.6 is 11.6 Å². The average molecular weight is 193 g/mol. The van der Waals surface area contributed by atoms with Crippen molar-refractivity contribution >= 4 is 11.6 Å². The van der Waals surface area contributed by atoms with Crippen molar-refractivity contribution in [2.45, 2.75) is 34.1 Å². The number of hydrogen-bond acceptors (Lipinski definition) is 1. The largest absolute Gasteiger partial charge is 0.381 e. The molecule has 0 spiro atoms. The van der Waals surface area contributed by atoms with Crippen LogP contribution in [0.2, 0.25) is 0 Å². The van der Waals surface area contributed by atoms with Gasteiger partial charge in [0, 0.05) is 12.5 Å². The lowest BCUT2D eigenvalue weighted by Crippen LogP contribution is -2.13. The lowest BCUT2D eigenvalue weighted by Gasteiger charge is -2.18. The van der Waals surface area contributed by atoms with Gasteiger partial charge in [-0.1, -0.05) is 27.7 Å². The molecule has 74 valence electrons. The second-order valence-electron chi connectivity index (χ2n) is 4.65. The predicted octanol–water partition coefficient (Wildman–Crippen LogP) is 3.31. The van der Waals surface area contributed by atoms with Gasteiger partial charge in [0.05, 0.1) is 6.61 Å². The molecule has 0 aromatic heterocycles. The fraction of sp³-hybridized carbons (Fsp3) is 1.00. The summed E-state index contributed by atoms with van der Waals surface area (Å²) in [7, 11) is 0. The molecule has 2 heteroatoms. The molecule has 0 bridgehead atoms. The molecule has 0 aliphatic carbocycles. The SMILES string of the molecule is CC(CCl)COCCC(C)(C)C. The minimum atomic E-state index is 0.379. The van der Waals surface area contributed by atoms with Gasteiger partial charge in [-0.3, -0.25) is 0 Å². The maximum Gasteiger partial charge on any atom is 0.0503 e. The van der Waals surface area contributed by atoms with Crippen molar-refractivity contribution in [1.82, 2.24) is 0 Å². The van der Waals surface area contributed by atoms with Crippen molar-refractivity contribution in [3.63, 3.8) is 0 Å². The lowest BCUT2D eigenvalue weighted by atomic mass is 9.93. The molecule has 0 heterocycles. The monoisotopic (exact) mass is 192 g/mol. The second kappa shape index (κ2) is 5.82. The molecule has 1 atom stereocenters. The molecule has 0 saturated carbocycles. The van der Waals surface area contributed by atoms with E-state index in [4.69, 9.17) is 16.3 Å². The normalized spacial score (nSPS) is 14.8. The highest BCUT2D eigenvalue weighted by Gasteiger charge is 2.09. The Bertz CT molecular complexity index is 107. The Morgan fingerprint density at radius 3 is 2.33 bits per heavy atom. The quantitative estimate of drug-likeness (QED) is 0.480. The molecule has 1 unspecified atom stereocenters. The highest BCUT2D eigenvalue weighted by molar-refractivity contribution is 6.18. The van der Waals surface area contributed by atoms with Crippen LogP contribution in [0.4, 0.5) is 0 Å². The summed E-state index contributed by atoms with van der Waals surface area (Å²) < 4.78 is 5.48. The number of ether oxygens (including phenoxy) is 1. The van der Waals surface area contributed by atoms with E-state index in [-0.39, 0.29) is 0 Å². The van der Waals surface area contributed by atoms with Gasteiger partial charge < -0.3 is 4.74 Å². The van der Waals surface area contributed by atoms with Crippen LogP contribution < -0.4 is 0 Å². The van der Waals surface area contributed by atoms with Crippen molar-refractivity contribution in [3.05, 3.63) is 0 Å². The summed E-state index contributed by atoms with van der Waals surface area (Å²) in [5.74, 6) is 1.17. The van der Waals surface area contributed by atoms with Gasteiger partial charge in [0.25, 0.3) is 0 Å². The summed E-state index contributed by atoms with van der Waals surface area (Å²) in [6.45, 7) is 10.4. The first-order valence-electron chi connectivity index (χ1n) is 4.59. The van der Waals surface area contributed by atoms with Crippen LogP contribution in [0, 0.1) is 11.3 Å². The molecule has 1 nitrogen and oxygen atoms in total. The van der Waals surface area contributed by atoms with Crippen LogP contribution in [0.15, 0.2) is 0 Å². The molecule has 0 rings (SSSR count). The Kier molecular flexibility index (Phi) is 5.94. The van der Waals surface area contributed by atoms with Crippen molar-refractivity contribution in [1.29, 1.82) is 0 Å². The van der Waals surface area contributed by atoms with E-state index in [0.29, 0.717) is 17.2 Å². The molecule has 0 N–H and O–H groups in total. The maximum absolute atomic E-state index is 5.64. The van der Waals surface area contributed by atoms with E-state index in [2.05, 4.69) is 27.7 Å². The van der Waals surface area contributed by atoms with E-state index >= 15 is 0 Å². The first kappa shape index (κ1) is 12.2. The third-order valence-electron chi connectivity index (χ3n) is 1.66. The molecule has 0 amide bonds. The topological polar surface area (TPSA) is 9.23 Å². The molecule has 0 aromatic rings. The summed E-state index contributed by atoms with van der Waals surface area (Å²) in [6, 6.07) is 0. The number of hydrogen-bond donors (Lipinski definition) is 0. The molecule has 12 heavy (non-hydrogen) atoms. The van der Waals surface area contributed by atoms with E-state index in [1.165, 1.54) is 0 Å². The van der Waals surface area contributed by atoms with Gasteiger partial charge >= 0.3 is 0 Å². The van der Waals surface area contributed by atoms with Crippen LogP contribution in [-0.4, -0.2) is 19.1 Å². The Labute approximate surface area is 81.4 Å². The Morgan fingerprint density at radius 1 is 1.33 bits per heavy atom. The summed E-state index contributed by atoms with van der Waals surface area (Å²) in [6.07, 6.45) is 1.11. The minimum Gasteiger partial charge on any atom is -0.381 e. The van der Waals surface area contributed by atoms with Crippen LogP contribution in [0.1, 0.15) is 34.1 Å². The van der Waals surface area contributed by atoms with Gasteiger partial charge in [0.15, 0.2) is 0 Å². The zero-order valence-corrected chi connectivity index (χ0v) is 9.45. The predicted molar refractivity (Wildman–Crippen MR) is 54.8 cm³/mol. The Balaban J connectivity index is 3.22. The number of alkyl halides is 1. The molecule has 0 aliphatic rings. The zero-order valence-electron chi connectivity index (χ0n) is 8.69. The Hall–Kier alpha value is 0.250. The van der Waals surface area contributed by atoms with Crippen molar-refractivity contribution in [3.8, 4) is 0 Å². The van der Waals surface area contributed by atoms with Crippen LogP contribution in [0.3, 0.4) is 0 Å². The zero-order chi connectivity index (χ0) is 9.61. The molecular weight excluding hydrogens is 172 g/mol. The fourth-order valence-electron chi connectivity index (χ4n) is 0.707. The van der Waals surface area contributed by atoms with Gasteiger partial charge in [-0.2, -0.15) is 0 Å². The van der Waals surface area contributed by atoms with Gasteiger partial charge in [0.1, 0.15) is 0 Å². The molecular formula is C10H21ClO. The third kappa shape index (κ3) is 8.35. The van der Waals surface area contributed by atoms with E-state index in [1.807, 2.05) is 0 Å². The van der Waals surface area contributed by atoms with Gasteiger partial charge in [0.2, 0.25) is 0 Å². The van der Waals surface area contributed by atoms with Crippen LogP contribution in [0.25, 0.3) is 0 Å². The summed E-state index contributed by atoms with van der Waals surface area (Å²) in [5.41, 5.74) is 0.379. The van der Waals surface area contributed by atoms with Crippen LogP contribution in [0.5, 0.6) is 0 Å². The van der Waals surface area contributed by atoms with E-state index in [1.54, 1.807) is 0 Å². The van der Waals surface area contributed by atoms with Crippen molar-refractivity contribution in [2.75, 3.05) is 19.1 Å². The van der Waals surface area contributed by atoms with Crippen molar-refractivity contribution in [2.24, 2.45) is 11.3 Å². The first-order chi connectivity index (χ1) is 5.45. The van der Waals surface area contributed by atoms with E-state index in [9.17, 15) is 0 Å². The summed E-state index contributed by atoms with van der Waals surface area (Å²) in [4.78, 5) is 0. The molecule has 0 aliphatic heterocycles. The smallest absolute Gasteiger partial charge is 0.0503 e. The molecule has 0 saturated heterocycles. The highest BCUT2D eigenvalue weighted by atomic mass is 35.5. The standard InChI is InChI=1S/C10H21ClO/c1-9(7-11)8-12-6-5-10(2,3)4/h9H,5-8H2,1-4H3. The van der Waals surface area contributed by atoms with E-state index in [0.717, 1.165) is 19.6 Å². The number of rotatable bonds is 5. The maximum atomic E-state index is 5.64. The van der Waals surface area contributed by atoms with Crippen molar-refractivity contribution < 1.29 is 4.74 Å². The summed E-state index contributed by atoms with van der Waals surface area (Å²) in [5, 5.41) is 0. The highest BCUT2D eigenvalue weighted by Crippen LogP contribution is 2.18.